The van der Waals surface area contributed by atoms with Gasteiger partial charge in [0.25, 0.3) is 5.91 Å². The van der Waals surface area contributed by atoms with E-state index >= 15 is 0 Å². The first-order valence-electron chi connectivity index (χ1n) is 7.92. The van der Waals surface area contributed by atoms with Crippen LogP contribution in [0.25, 0.3) is 11.3 Å². The lowest BCUT2D eigenvalue weighted by molar-refractivity contribution is 0.0675. The molecule has 1 saturated heterocycles. The van der Waals surface area contributed by atoms with Gasteiger partial charge in [0.2, 0.25) is 0 Å². The highest BCUT2D eigenvalue weighted by atomic mass is 19.1. The summed E-state index contributed by atoms with van der Waals surface area (Å²) in [5.74, 6) is 0.171. The van der Waals surface area contributed by atoms with Crippen LogP contribution in [0.3, 0.4) is 0 Å². The first kappa shape index (κ1) is 15.7. The van der Waals surface area contributed by atoms with Gasteiger partial charge in [0.15, 0.2) is 0 Å². The monoisotopic (exact) mass is 316 g/mol. The third-order valence-corrected chi connectivity index (χ3v) is 4.30. The zero-order chi connectivity index (χ0) is 16.2. The standard InChI is InChI=1S/C17H21FN4O/c1-19-9-12-3-2-8-22(11-12)17(23)15-10-20-21-16(15)13-4-6-14(18)7-5-13/h4-7,10,12,19H,2-3,8-9,11H2,1H3,(H,20,21). The van der Waals surface area contributed by atoms with Gasteiger partial charge in [-0.1, -0.05) is 0 Å². The van der Waals surface area contributed by atoms with Crippen molar-refractivity contribution < 1.29 is 9.18 Å². The largest absolute Gasteiger partial charge is 0.338 e. The molecule has 2 heterocycles. The van der Waals surface area contributed by atoms with Gasteiger partial charge in [-0.3, -0.25) is 9.89 Å². The Morgan fingerprint density at radius 1 is 1.43 bits per heavy atom. The minimum Gasteiger partial charge on any atom is -0.338 e. The maximum atomic E-state index is 13.1. The van der Waals surface area contributed by atoms with Gasteiger partial charge in [-0.05, 0) is 56.6 Å². The summed E-state index contributed by atoms with van der Waals surface area (Å²) in [6.45, 7) is 2.45. The van der Waals surface area contributed by atoms with Gasteiger partial charge in [0.1, 0.15) is 5.82 Å². The molecule has 1 aliphatic rings. The molecule has 0 bridgehead atoms. The molecule has 3 rings (SSSR count). The maximum absolute atomic E-state index is 13.1. The van der Waals surface area contributed by atoms with Gasteiger partial charge >= 0.3 is 0 Å². The van der Waals surface area contributed by atoms with Crippen LogP contribution in [0.1, 0.15) is 23.2 Å². The van der Waals surface area contributed by atoms with Crippen LogP contribution in [0.5, 0.6) is 0 Å². The van der Waals surface area contributed by atoms with Gasteiger partial charge in [0.05, 0.1) is 17.5 Å². The molecule has 1 atom stereocenters. The number of benzene rings is 1. The van der Waals surface area contributed by atoms with Crippen LogP contribution in [0.4, 0.5) is 4.39 Å². The second kappa shape index (κ2) is 6.91. The van der Waals surface area contributed by atoms with Crippen molar-refractivity contribution in [1.29, 1.82) is 0 Å². The highest BCUT2D eigenvalue weighted by Crippen LogP contribution is 2.24. The predicted octanol–water partition coefficient (Wildman–Crippen LogP) is 2.29. The number of hydrogen-bond acceptors (Lipinski definition) is 3. The summed E-state index contributed by atoms with van der Waals surface area (Å²) >= 11 is 0. The Balaban J connectivity index is 1.80. The molecule has 6 heteroatoms. The number of halogens is 1. The lowest BCUT2D eigenvalue weighted by Crippen LogP contribution is -2.42. The molecule has 1 aromatic heterocycles. The van der Waals surface area contributed by atoms with Crippen molar-refractivity contribution in [2.24, 2.45) is 5.92 Å². The smallest absolute Gasteiger partial charge is 0.257 e. The number of nitrogens with zero attached hydrogens (tertiary/aromatic N) is 2. The van der Waals surface area contributed by atoms with Crippen molar-refractivity contribution in [3.63, 3.8) is 0 Å². The molecule has 2 N–H and O–H groups in total. The first-order valence-corrected chi connectivity index (χ1v) is 7.92. The molecule has 0 radical (unpaired) electrons. The summed E-state index contributed by atoms with van der Waals surface area (Å²) in [7, 11) is 1.93. The van der Waals surface area contributed by atoms with Gasteiger partial charge in [-0.2, -0.15) is 5.10 Å². The number of H-pyrrole nitrogens is 1. The maximum Gasteiger partial charge on any atom is 0.257 e. The van der Waals surface area contributed by atoms with Crippen LogP contribution < -0.4 is 5.32 Å². The highest BCUT2D eigenvalue weighted by Gasteiger charge is 2.26. The predicted molar refractivity (Wildman–Crippen MR) is 86.5 cm³/mol. The molecular weight excluding hydrogens is 295 g/mol. The van der Waals surface area contributed by atoms with Crippen molar-refractivity contribution in [2.45, 2.75) is 12.8 Å². The van der Waals surface area contributed by atoms with E-state index in [0.717, 1.165) is 38.0 Å². The van der Waals surface area contributed by atoms with Crippen molar-refractivity contribution in [3.05, 3.63) is 41.8 Å². The van der Waals surface area contributed by atoms with E-state index in [-0.39, 0.29) is 11.7 Å². The minimum absolute atomic E-state index is 0.0149. The summed E-state index contributed by atoms with van der Waals surface area (Å²) in [6.07, 6.45) is 3.71. The van der Waals surface area contributed by atoms with Gasteiger partial charge in [-0.25, -0.2) is 4.39 Å². The summed E-state index contributed by atoms with van der Waals surface area (Å²) in [4.78, 5) is 14.7. The fourth-order valence-corrected chi connectivity index (χ4v) is 3.16. The minimum atomic E-state index is -0.299. The molecule has 1 unspecified atom stereocenters. The van der Waals surface area contributed by atoms with Crippen LogP contribution in [0, 0.1) is 11.7 Å². The quantitative estimate of drug-likeness (QED) is 0.910. The van der Waals surface area contributed by atoms with Crippen LogP contribution in [-0.2, 0) is 0 Å². The summed E-state index contributed by atoms with van der Waals surface area (Å²) in [6, 6.07) is 6.07. The number of piperidine rings is 1. The molecule has 1 fully saturated rings. The first-order chi connectivity index (χ1) is 11.2. The summed E-state index contributed by atoms with van der Waals surface area (Å²) in [5, 5.41) is 10.1. The van der Waals surface area contributed by atoms with Crippen molar-refractivity contribution in [2.75, 3.05) is 26.7 Å². The second-order valence-electron chi connectivity index (χ2n) is 5.98. The van der Waals surface area contributed by atoms with E-state index < -0.39 is 0 Å². The van der Waals surface area contributed by atoms with Crippen LogP contribution in [-0.4, -0.2) is 47.7 Å². The molecule has 0 spiro atoms. The van der Waals surface area contributed by atoms with Gasteiger partial charge in [0, 0.05) is 18.7 Å². The number of carbonyl (C=O) groups is 1. The van der Waals surface area contributed by atoms with Crippen molar-refractivity contribution >= 4 is 5.91 Å². The van der Waals surface area contributed by atoms with Gasteiger partial charge < -0.3 is 10.2 Å². The SMILES string of the molecule is CNCC1CCCN(C(=O)c2cn[nH]c2-c2ccc(F)cc2)C1. The fraction of sp³-hybridized carbons (Fsp3) is 0.412. The second-order valence-corrected chi connectivity index (χ2v) is 5.98. The average molecular weight is 316 g/mol. The Labute approximate surface area is 134 Å². The van der Waals surface area contributed by atoms with E-state index in [1.807, 2.05) is 11.9 Å². The third-order valence-electron chi connectivity index (χ3n) is 4.30. The molecule has 1 aliphatic heterocycles. The Kier molecular flexibility index (Phi) is 4.71. The number of rotatable bonds is 4. The van der Waals surface area contributed by atoms with Crippen LogP contribution >= 0.6 is 0 Å². The van der Waals surface area contributed by atoms with E-state index in [4.69, 9.17) is 0 Å². The molecule has 1 aromatic carbocycles. The van der Waals surface area contributed by atoms with E-state index in [1.165, 1.54) is 12.1 Å². The molecular formula is C17H21FN4O. The lowest BCUT2D eigenvalue weighted by atomic mass is 9.97. The Morgan fingerprint density at radius 2 is 2.22 bits per heavy atom. The van der Waals surface area contributed by atoms with Gasteiger partial charge in [-0.15, -0.1) is 0 Å². The number of amides is 1. The molecule has 5 nitrogen and oxygen atoms in total. The zero-order valence-corrected chi connectivity index (χ0v) is 13.2. The summed E-state index contributed by atoms with van der Waals surface area (Å²) < 4.78 is 13.1. The van der Waals surface area contributed by atoms with E-state index in [1.54, 1.807) is 18.3 Å². The Bertz CT molecular complexity index is 665. The molecule has 0 aliphatic carbocycles. The van der Waals surface area contributed by atoms with E-state index in [2.05, 4.69) is 15.5 Å². The topological polar surface area (TPSA) is 61.0 Å². The average Bonchev–Trinajstić information content (AvgIpc) is 3.05. The highest BCUT2D eigenvalue weighted by molar-refractivity contribution is 5.99. The van der Waals surface area contributed by atoms with Crippen LogP contribution in [0.15, 0.2) is 30.5 Å². The number of carbonyl (C=O) groups excluding carboxylic acids is 1. The molecule has 23 heavy (non-hydrogen) atoms. The van der Waals surface area contributed by atoms with E-state index in [0.29, 0.717) is 17.2 Å². The van der Waals surface area contributed by atoms with Crippen LogP contribution in [0.2, 0.25) is 0 Å². The zero-order valence-electron chi connectivity index (χ0n) is 13.2. The number of hydrogen-bond donors (Lipinski definition) is 2. The number of likely N-dealkylation sites (tertiary alicyclic amines) is 1. The molecule has 1 amide bonds. The number of aromatic nitrogens is 2. The number of aromatic amines is 1. The van der Waals surface area contributed by atoms with E-state index in [9.17, 15) is 9.18 Å². The summed E-state index contributed by atoms with van der Waals surface area (Å²) in [5.41, 5.74) is 1.95. The number of nitrogens with one attached hydrogen (secondary N) is 2. The normalized spacial score (nSPS) is 18.2. The molecule has 122 valence electrons. The Morgan fingerprint density at radius 3 is 2.96 bits per heavy atom. The van der Waals surface area contributed by atoms with Crippen molar-refractivity contribution in [1.82, 2.24) is 20.4 Å². The fourth-order valence-electron chi connectivity index (χ4n) is 3.16. The lowest BCUT2D eigenvalue weighted by Gasteiger charge is -2.32. The molecule has 2 aromatic rings. The molecule has 0 saturated carbocycles. The Hall–Kier alpha value is -2.21. The third kappa shape index (κ3) is 3.42. The van der Waals surface area contributed by atoms with Crippen molar-refractivity contribution in [3.8, 4) is 11.3 Å².